The quantitative estimate of drug-likeness (QED) is 0.230. The lowest BCUT2D eigenvalue weighted by Crippen LogP contribution is -2.44. The Morgan fingerprint density at radius 1 is 1.28 bits per heavy atom. The Hall–Kier alpha value is -3.57. The average Bonchev–Trinajstić information content (AvgIpc) is 2.85. The molecule has 9 nitrogen and oxygen atoms in total. The van der Waals surface area contributed by atoms with Crippen LogP contribution in [0.25, 0.3) is 0 Å². The van der Waals surface area contributed by atoms with Crippen LogP contribution in [0.2, 0.25) is 0 Å². The lowest BCUT2D eigenvalue weighted by Gasteiger charge is -2.29. The van der Waals surface area contributed by atoms with E-state index in [0.717, 1.165) is 11.3 Å². The molecule has 3 aliphatic rings. The third kappa shape index (κ3) is 7.72. The van der Waals surface area contributed by atoms with Crippen molar-refractivity contribution in [3.05, 3.63) is 70.6 Å². The summed E-state index contributed by atoms with van der Waals surface area (Å²) >= 11 is 0. The van der Waals surface area contributed by atoms with Crippen molar-refractivity contribution in [2.45, 2.75) is 19.8 Å². The van der Waals surface area contributed by atoms with Crippen LogP contribution < -0.4 is 22.1 Å². The first-order valence-corrected chi connectivity index (χ1v) is 11.7. The van der Waals surface area contributed by atoms with Crippen LogP contribution in [-0.2, 0) is 4.74 Å². The molecular weight excluding hydrogens is 466 g/mol. The molecule has 0 saturated carbocycles. The number of amidine groups is 1. The van der Waals surface area contributed by atoms with Gasteiger partial charge in [-0.15, -0.1) is 0 Å². The molecule has 1 fully saturated rings. The van der Waals surface area contributed by atoms with Crippen LogP contribution >= 0.6 is 0 Å². The van der Waals surface area contributed by atoms with Crippen LogP contribution in [0.3, 0.4) is 0 Å². The number of fused-ring (bicyclic) bond motifs is 1. The number of hydrogen-bond donors (Lipinski definition) is 5. The van der Waals surface area contributed by atoms with E-state index < -0.39 is 12.5 Å². The molecule has 0 aromatic heterocycles. The van der Waals surface area contributed by atoms with Crippen molar-refractivity contribution in [2.24, 2.45) is 27.4 Å². The fraction of sp³-hybridized carbons (Fsp3) is 0.400. The molecule has 0 radical (unpaired) electrons. The third-order valence-electron chi connectivity index (χ3n) is 5.67. The predicted molar refractivity (Wildman–Crippen MR) is 140 cm³/mol. The van der Waals surface area contributed by atoms with Gasteiger partial charge < -0.3 is 32.2 Å². The summed E-state index contributed by atoms with van der Waals surface area (Å²) in [6, 6.07) is 0. The van der Waals surface area contributed by atoms with Gasteiger partial charge in [0, 0.05) is 49.1 Å². The lowest BCUT2D eigenvalue weighted by molar-refractivity contribution is -0.0500. The summed E-state index contributed by atoms with van der Waals surface area (Å²) in [5.41, 5.74) is 15.3. The minimum atomic E-state index is -2.95. The van der Waals surface area contributed by atoms with Crippen LogP contribution in [0.4, 0.5) is 8.78 Å². The van der Waals surface area contributed by atoms with Gasteiger partial charge in [-0.2, -0.15) is 0 Å². The van der Waals surface area contributed by atoms with Gasteiger partial charge >= 0.3 is 0 Å². The molecule has 3 aliphatic heterocycles. The molecule has 0 atom stereocenters. The molecule has 0 unspecified atom stereocenters. The number of morpholine rings is 1. The van der Waals surface area contributed by atoms with Crippen LogP contribution in [0.5, 0.6) is 0 Å². The van der Waals surface area contributed by atoms with Crippen molar-refractivity contribution < 1.29 is 13.5 Å². The molecule has 7 N–H and O–H groups in total. The zero-order valence-electron chi connectivity index (χ0n) is 20.6. The van der Waals surface area contributed by atoms with Crippen molar-refractivity contribution in [1.29, 1.82) is 5.41 Å². The maximum atomic E-state index is 14.4. The van der Waals surface area contributed by atoms with Gasteiger partial charge in [0.15, 0.2) is 0 Å². The molecule has 0 amide bonds. The number of alkyl halides is 2. The minimum absolute atomic E-state index is 0.149. The Kier molecular flexibility index (Phi) is 9.31. The normalized spacial score (nSPS) is 20.2. The van der Waals surface area contributed by atoms with Gasteiger partial charge in [0.25, 0.3) is 5.92 Å². The van der Waals surface area contributed by atoms with Crippen LogP contribution in [0, 0.1) is 11.3 Å². The van der Waals surface area contributed by atoms with Crippen LogP contribution in [0.15, 0.2) is 80.6 Å². The smallest absolute Gasteiger partial charge is 0.279 e. The molecular formula is C25H34F2N8O. The molecule has 194 valence electrons. The van der Waals surface area contributed by atoms with Gasteiger partial charge in [0.2, 0.25) is 0 Å². The Balaban J connectivity index is 1.65. The van der Waals surface area contributed by atoms with E-state index in [0.29, 0.717) is 49.0 Å². The summed E-state index contributed by atoms with van der Waals surface area (Å²) in [4.78, 5) is 10.0. The van der Waals surface area contributed by atoms with E-state index in [4.69, 9.17) is 21.6 Å². The number of halogens is 2. The first-order valence-electron chi connectivity index (χ1n) is 11.7. The summed E-state index contributed by atoms with van der Waals surface area (Å²) < 4.78 is 33.9. The van der Waals surface area contributed by atoms with E-state index in [1.165, 1.54) is 18.6 Å². The highest BCUT2D eigenvalue weighted by Crippen LogP contribution is 2.23. The SMILES string of the molecule is CC(C)C(C=N)=CC(N)=NC1=CC=C2NC=C(C(C=NCC(F)(F)CN3CCOCC3)=CN)C=C2N1. The van der Waals surface area contributed by atoms with Crippen molar-refractivity contribution in [2.75, 3.05) is 39.4 Å². The zero-order valence-corrected chi connectivity index (χ0v) is 20.6. The van der Waals surface area contributed by atoms with Gasteiger partial charge in [-0.25, -0.2) is 13.8 Å². The number of ether oxygens (including phenoxy) is 1. The van der Waals surface area contributed by atoms with Crippen LogP contribution in [0.1, 0.15) is 13.8 Å². The van der Waals surface area contributed by atoms with E-state index >= 15 is 0 Å². The molecule has 3 rings (SSSR count). The molecule has 0 bridgehead atoms. The van der Waals surface area contributed by atoms with E-state index in [9.17, 15) is 8.78 Å². The van der Waals surface area contributed by atoms with Crippen molar-refractivity contribution in [3.8, 4) is 0 Å². The average molecular weight is 501 g/mol. The van der Waals surface area contributed by atoms with Crippen molar-refractivity contribution >= 4 is 18.3 Å². The Morgan fingerprint density at radius 2 is 2.03 bits per heavy atom. The summed E-state index contributed by atoms with van der Waals surface area (Å²) in [6.45, 7) is 4.88. The number of rotatable bonds is 10. The second kappa shape index (κ2) is 12.4. The molecule has 36 heavy (non-hydrogen) atoms. The predicted octanol–water partition coefficient (Wildman–Crippen LogP) is 2.16. The standard InChI is InChI=1S/C25H34F2N8O/c1-17(2)18(11-28)10-23(30)34-24-4-3-21-22(33-24)9-19(14-32-21)20(12-29)13-31-15-25(26,27)16-35-5-7-36-8-6-35/h3-4,9-14,17,28,32-33H,5-8,15-16,29H2,1-2H3,(H2,30,34). The molecule has 1 saturated heterocycles. The highest BCUT2D eigenvalue weighted by Gasteiger charge is 2.32. The monoisotopic (exact) mass is 500 g/mol. The molecule has 0 spiro atoms. The fourth-order valence-corrected chi connectivity index (χ4v) is 3.67. The van der Waals surface area contributed by atoms with Crippen molar-refractivity contribution in [3.63, 3.8) is 0 Å². The van der Waals surface area contributed by atoms with Crippen molar-refractivity contribution in [1.82, 2.24) is 15.5 Å². The molecule has 3 heterocycles. The topological polar surface area (TPSA) is 137 Å². The Morgan fingerprint density at radius 3 is 2.69 bits per heavy atom. The summed E-state index contributed by atoms with van der Waals surface area (Å²) in [5.74, 6) is -2.02. The Bertz CT molecular complexity index is 1070. The first-order chi connectivity index (χ1) is 17.2. The molecule has 0 aromatic rings. The maximum Gasteiger partial charge on any atom is 0.279 e. The van der Waals surface area contributed by atoms with Gasteiger partial charge in [-0.1, -0.05) is 13.8 Å². The highest BCUT2D eigenvalue weighted by atomic mass is 19.3. The maximum absolute atomic E-state index is 14.4. The van der Waals surface area contributed by atoms with Gasteiger partial charge in [-0.05, 0) is 35.8 Å². The first kappa shape index (κ1) is 27.0. The Labute approximate surface area is 210 Å². The van der Waals surface area contributed by atoms with E-state index in [2.05, 4.69) is 20.6 Å². The number of nitrogens with two attached hydrogens (primary N) is 2. The fourth-order valence-electron chi connectivity index (χ4n) is 3.67. The van der Waals surface area contributed by atoms with E-state index in [-0.39, 0.29) is 18.3 Å². The largest absolute Gasteiger partial charge is 0.404 e. The van der Waals surface area contributed by atoms with Gasteiger partial charge in [-0.3, -0.25) is 9.89 Å². The summed E-state index contributed by atoms with van der Waals surface area (Å²) in [6.07, 6.45) is 12.8. The highest BCUT2D eigenvalue weighted by molar-refractivity contribution is 5.97. The summed E-state index contributed by atoms with van der Waals surface area (Å²) in [7, 11) is 0. The number of dihydropyridines is 2. The van der Waals surface area contributed by atoms with E-state index in [1.54, 1.807) is 23.3 Å². The van der Waals surface area contributed by atoms with Crippen LogP contribution in [-0.4, -0.2) is 68.5 Å². The van der Waals surface area contributed by atoms with Gasteiger partial charge in [0.1, 0.15) is 18.2 Å². The lowest BCUT2D eigenvalue weighted by atomic mass is 10.0. The zero-order chi connectivity index (χ0) is 26.1. The number of nitrogens with zero attached hydrogens (tertiary/aromatic N) is 3. The minimum Gasteiger partial charge on any atom is -0.404 e. The molecule has 0 aromatic carbocycles. The number of allylic oxidation sites excluding steroid dienone is 6. The van der Waals surface area contributed by atoms with Gasteiger partial charge in [0.05, 0.1) is 31.2 Å². The van der Waals surface area contributed by atoms with E-state index in [1.807, 2.05) is 26.0 Å². The number of nitrogens with one attached hydrogen (secondary N) is 3. The second-order valence-corrected chi connectivity index (χ2v) is 8.88. The number of hydrogen-bond acceptors (Lipinski definition) is 8. The molecule has 0 aliphatic carbocycles. The second-order valence-electron chi connectivity index (χ2n) is 8.88. The number of aliphatic imine (C=N–C) groups is 2. The summed E-state index contributed by atoms with van der Waals surface area (Å²) in [5, 5.41) is 13.8. The third-order valence-corrected chi connectivity index (χ3v) is 5.67. The molecule has 11 heteroatoms.